The van der Waals surface area contributed by atoms with Gasteiger partial charge in [0.25, 0.3) is 0 Å². The molecular formula is C55H87BN8O9. The first kappa shape index (κ1) is 57.5. The van der Waals surface area contributed by atoms with Crippen LogP contribution in [0.25, 0.3) is 11.1 Å². The number of nitrogens with two attached hydrogens (primary N) is 3. The maximum Gasteiger partial charge on any atom is 0.481 e. The van der Waals surface area contributed by atoms with Crippen molar-refractivity contribution in [2.75, 3.05) is 39.9 Å². The Balaban J connectivity index is 1.25. The van der Waals surface area contributed by atoms with Gasteiger partial charge in [0.05, 0.1) is 17.6 Å². The topological polar surface area (TPSA) is 252 Å². The molecule has 9 atom stereocenters. The number of amides is 5. The summed E-state index contributed by atoms with van der Waals surface area (Å²) in [6.45, 7) is 13.2. The van der Waals surface area contributed by atoms with Crippen LogP contribution in [0.3, 0.4) is 0 Å². The van der Waals surface area contributed by atoms with Crippen molar-refractivity contribution >= 4 is 36.7 Å². The van der Waals surface area contributed by atoms with Gasteiger partial charge in [-0.05, 0) is 106 Å². The Hall–Kier alpha value is -4.75. The molecule has 2 aliphatic heterocycles. The van der Waals surface area contributed by atoms with Crippen LogP contribution in [-0.2, 0) is 39.7 Å². The second-order valence-electron chi connectivity index (χ2n) is 21.8. The number of nitrogens with one attached hydrogen (secondary N) is 4. The van der Waals surface area contributed by atoms with E-state index >= 15 is 0 Å². The van der Waals surface area contributed by atoms with Gasteiger partial charge in [0.15, 0.2) is 0 Å². The Morgan fingerprint density at radius 2 is 1.44 bits per heavy atom. The van der Waals surface area contributed by atoms with Gasteiger partial charge in [-0.1, -0.05) is 97.1 Å². The summed E-state index contributed by atoms with van der Waals surface area (Å²) >= 11 is 0. The third-order valence-electron chi connectivity index (χ3n) is 16.1. The summed E-state index contributed by atoms with van der Waals surface area (Å²) in [5.74, 6) is -1.38. The number of hydrogen-bond acceptors (Lipinski definition) is 12. The average Bonchev–Trinajstić information content (AvgIpc) is 3.74. The molecule has 0 radical (unpaired) electrons. The number of hydrogen-bond donors (Lipinski definition) is 7. The van der Waals surface area contributed by atoms with E-state index in [1.165, 1.54) is 63.8 Å². The lowest BCUT2D eigenvalue weighted by molar-refractivity contribution is -0.199. The van der Waals surface area contributed by atoms with E-state index in [1.807, 2.05) is 19.1 Å². The van der Waals surface area contributed by atoms with E-state index in [0.29, 0.717) is 52.0 Å². The van der Waals surface area contributed by atoms with Crippen LogP contribution in [0.15, 0.2) is 36.4 Å². The van der Waals surface area contributed by atoms with Crippen LogP contribution in [0.2, 0.25) is 0 Å². The molecule has 5 aliphatic rings. The Morgan fingerprint density at radius 3 is 2.05 bits per heavy atom. The predicted octanol–water partition coefficient (Wildman–Crippen LogP) is 5.38. The number of fused-ring (bicyclic) bond motifs is 5. The van der Waals surface area contributed by atoms with E-state index < -0.39 is 66.5 Å². The van der Waals surface area contributed by atoms with Crippen LogP contribution in [-0.4, -0.2) is 117 Å². The number of likely N-dealkylation sites (N-methyl/N-ethyl adjacent to an activating group) is 1. The van der Waals surface area contributed by atoms with Gasteiger partial charge < -0.3 is 62.2 Å². The van der Waals surface area contributed by atoms with Crippen molar-refractivity contribution in [3.8, 4) is 22.6 Å². The second-order valence-corrected chi connectivity index (χ2v) is 21.8. The molecule has 2 heterocycles. The lowest BCUT2D eigenvalue weighted by atomic mass is 9.43. The molecule has 6 bridgehead atoms. The number of unbranched alkanes of at least 4 members (excludes halogenated alkanes) is 10. The fourth-order valence-electron chi connectivity index (χ4n) is 11.6. The molecule has 0 aromatic heterocycles. The average molecular weight is 1020 g/mol. The Labute approximate surface area is 434 Å². The summed E-state index contributed by atoms with van der Waals surface area (Å²) in [4.78, 5) is 72.8. The molecule has 0 unspecified atom stereocenters. The quantitative estimate of drug-likeness (QED) is 0.0464. The fourth-order valence-corrected chi connectivity index (χ4v) is 11.6. The van der Waals surface area contributed by atoms with E-state index in [-0.39, 0.29) is 69.5 Å². The molecule has 5 amide bonds. The van der Waals surface area contributed by atoms with Crippen molar-refractivity contribution in [2.24, 2.45) is 34.5 Å². The minimum atomic E-state index is -1.32. The Morgan fingerprint density at radius 1 is 0.822 bits per heavy atom. The van der Waals surface area contributed by atoms with E-state index in [4.69, 9.17) is 36.0 Å². The molecule has 4 fully saturated rings. The molecule has 3 saturated carbocycles. The second kappa shape index (κ2) is 26.6. The maximum absolute atomic E-state index is 14.8. The van der Waals surface area contributed by atoms with Crippen LogP contribution in [0.4, 0.5) is 0 Å². The largest absolute Gasteiger partial charge is 0.492 e. The van der Waals surface area contributed by atoms with Gasteiger partial charge in [-0.3, -0.25) is 24.0 Å². The standard InChI is InChI=1S/C55H87BN8O9/c1-8-9-10-11-12-13-14-15-16-17-18-19-48(65)62-42(24-25-57)53(69)64(7)49-38-21-23-45(71-29-27-59)41(32-38)40-30-37(20-22-44(40)70-28-26-58)31-43(63-50(66)35(2)60-52(49)68)51(67)61-36(3)56-72-47-34-39-33-46(54(39,4)5)55(47,6)73-56/h20-23,30,32,35-36,39,42-43,46-47,49H,8-19,24-29,31,33-34,57-59H2,1-7H3,(H,60,68)(H,61,67)(H,62,65)(H,63,66)/t35-,36-,39-,42-,43-,46-,47+,49-,55-/m0/s1. The number of benzene rings is 2. The van der Waals surface area contributed by atoms with Crippen molar-refractivity contribution in [3.63, 3.8) is 0 Å². The van der Waals surface area contributed by atoms with Crippen LogP contribution in [0.5, 0.6) is 11.5 Å². The molecule has 1 saturated heterocycles. The first-order chi connectivity index (χ1) is 35.0. The SMILES string of the molecule is CCCCCCCCCCCCCC(=O)N[C@@H](CCN)C(=O)N(C)[C@@H]1C(=O)N[C@@H](C)C(=O)N[C@H](C(=O)N[C@@H](C)B2O[C@@H]3C[C@@H]4C[C@@H](C4(C)C)[C@]3(C)O2)Cc2ccc(OCCN)c(c2)-c2cc1ccc2OCCN. The lowest BCUT2D eigenvalue weighted by Gasteiger charge is -2.64. The zero-order valence-electron chi connectivity index (χ0n) is 44.9. The lowest BCUT2D eigenvalue weighted by Crippen LogP contribution is -2.65. The summed E-state index contributed by atoms with van der Waals surface area (Å²) in [5, 5.41) is 11.7. The molecule has 10 N–H and O–H groups in total. The molecule has 7 rings (SSSR count). The monoisotopic (exact) mass is 1010 g/mol. The molecule has 73 heavy (non-hydrogen) atoms. The zero-order chi connectivity index (χ0) is 52.9. The molecule has 18 heteroatoms. The summed E-state index contributed by atoms with van der Waals surface area (Å²) in [5.41, 5.74) is 19.7. The van der Waals surface area contributed by atoms with Crippen LogP contribution in [0, 0.1) is 17.3 Å². The number of nitrogens with zero attached hydrogens (tertiary/aromatic N) is 1. The highest BCUT2D eigenvalue weighted by Gasteiger charge is 2.68. The molecule has 3 aliphatic carbocycles. The highest BCUT2D eigenvalue weighted by molar-refractivity contribution is 6.47. The Bertz CT molecular complexity index is 2200. The van der Waals surface area contributed by atoms with Crippen LogP contribution >= 0.6 is 0 Å². The van der Waals surface area contributed by atoms with E-state index in [0.717, 1.165) is 32.1 Å². The van der Waals surface area contributed by atoms with Gasteiger partial charge in [-0.15, -0.1) is 0 Å². The van der Waals surface area contributed by atoms with Crippen molar-refractivity contribution < 1.29 is 42.8 Å². The molecule has 2 aromatic rings. The number of carbonyl (C=O) groups is 5. The van der Waals surface area contributed by atoms with Gasteiger partial charge in [0.1, 0.15) is 48.9 Å². The van der Waals surface area contributed by atoms with Crippen molar-refractivity contribution in [1.29, 1.82) is 0 Å². The zero-order valence-corrected chi connectivity index (χ0v) is 44.9. The number of carbonyl (C=O) groups excluding carboxylic acids is 5. The number of ether oxygens (including phenoxy) is 2. The summed E-state index contributed by atoms with van der Waals surface area (Å²) in [6.07, 6.45) is 15.0. The van der Waals surface area contributed by atoms with E-state index in [9.17, 15) is 24.0 Å². The third-order valence-corrected chi connectivity index (χ3v) is 16.1. The van der Waals surface area contributed by atoms with Crippen molar-refractivity contribution in [1.82, 2.24) is 26.2 Å². The predicted molar refractivity (Wildman–Crippen MR) is 284 cm³/mol. The van der Waals surface area contributed by atoms with Crippen molar-refractivity contribution in [2.45, 2.75) is 186 Å². The summed E-state index contributed by atoms with van der Waals surface area (Å²) in [7, 11) is 0.794. The fraction of sp³-hybridized carbons (Fsp3) is 0.691. The Kier molecular flexibility index (Phi) is 21.0. The van der Waals surface area contributed by atoms with Crippen LogP contribution in [0.1, 0.15) is 155 Å². The van der Waals surface area contributed by atoms with Crippen LogP contribution < -0.4 is 47.9 Å². The summed E-state index contributed by atoms with van der Waals surface area (Å²) in [6, 6.07) is 6.00. The maximum atomic E-state index is 14.8. The molecule has 0 spiro atoms. The summed E-state index contributed by atoms with van der Waals surface area (Å²) < 4.78 is 25.6. The van der Waals surface area contributed by atoms with Gasteiger partial charge in [0, 0.05) is 44.1 Å². The minimum Gasteiger partial charge on any atom is -0.492 e. The van der Waals surface area contributed by atoms with Gasteiger partial charge in [-0.2, -0.15) is 0 Å². The third kappa shape index (κ3) is 14.2. The van der Waals surface area contributed by atoms with E-state index in [1.54, 1.807) is 24.3 Å². The van der Waals surface area contributed by atoms with Gasteiger partial charge >= 0.3 is 7.12 Å². The normalized spacial score (nSPS) is 24.9. The molecule has 17 nitrogen and oxygen atoms in total. The molecule has 404 valence electrons. The first-order valence-corrected chi connectivity index (χ1v) is 27.4. The van der Waals surface area contributed by atoms with E-state index in [2.05, 4.69) is 49.0 Å². The molecular weight excluding hydrogens is 927 g/mol. The molecule has 2 aromatic carbocycles. The first-order valence-electron chi connectivity index (χ1n) is 27.4. The smallest absolute Gasteiger partial charge is 0.481 e. The highest BCUT2D eigenvalue weighted by Crippen LogP contribution is 2.65. The van der Waals surface area contributed by atoms with Gasteiger partial charge in [-0.25, -0.2) is 0 Å². The van der Waals surface area contributed by atoms with Crippen molar-refractivity contribution in [3.05, 3.63) is 47.5 Å². The number of rotatable bonds is 26. The minimum absolute atomic E-state index is 0.0614. The highest BCUT2D eigenvalue weighted by atomic mass is 16.7. The van der Waals surface area contributed by atoms with Gasteiger partial charge in [0.2, 0.25) is 29.5 Å².